The summed E-state index contributed by atoms with van der Waals surface area (Å²) in [5, 5.41) is 12.1. The minimum atomic E-state index is -0.959. The van der Waals surface area contributed by atoms with Gasteiger partial charge in [0.25, 0.3) is 6.01 Å². The molecule has 146 valence electrons. The van der Waals surface area contributed by atoms with Gasteiger partial charge in [-0.2, -0.15) is 0 Å². The number of oxazole rings is 1. The number of carboxylic acid groups (broad SMARTS) is 1. The number of likely N-dealkylation sites (N-methyl/N-ethyl adjacent to an activating group) is 1. The minimum absolute atomic E-state index is 0.230. The van der Waals surface area contributed by atoms with Crippen molar-refractivity contribution >= 4 is 17.7 Å². The van der Waals surface area contributed by atoms with Crippen LogP contribution in [-0.4, -0.2) is 48.3 Å². The molecule has 1 heterocycles. The van der Waals surface area contributed by atoms with Gasteiger partial charge in [-0.15, -0.1) is 0 Å². The number of nitrogens with zero attached hydrogens (tertiary/aromatic N) is 2. The zero-order valence-electron chi connectivity index (χ0n) is 15.9. The average molecular weight is 381 g/mol. The third-order valence-corrected chi connectivity index (χ3v) is 4.23. The maximum atomic E-state index is 10.9. The fourth-order valence-corrected chi connectivity index (χ4v) is 2.75. The molecule has 3 rings (SSSR count). The molecule has 3 aromatic rings. The topological polar surface area (TPSA) is 87.8 Å². The van der Waals surface area contributed by atoms with Crippen molar-refractivity contribution in [2.45, 2.75) is 6.54 Å². The summed E-state index contributed by atoms with van der Waals surface area (Å²) in [5.41, 5.74) is 3.04. The van der Waals surface area contributed by atoms with E-state index in [1.165, 1.54) is 17.7 Å². The molecule has 0 fully saturated rings. The molecule has 7 heteroatoms. The van der Waals surface area contributed by atoms with E-state index in [0.717, 1.165) is 24.3 Å². The SMILES string of the molecule is COCCN(C)Cc1cccc(Nc2ncc(-c3ccc(C(=O)O)cc3)o2)c1. The van der Waals surface area contributed by atoms with E-state index < -0.39 is 5.97 Å². The predicted octanol–water partition coefficient (Wildman–Crippen LogP) is 3.86. The van der Waals surface area contributed by atoms with E-state index in [4.69, 9.17) is 14.3 Å². The molecule has 0 unspecified atom stereocenters. The van der Waals surface area contributed by atoms with Crippen molar-refractivity contribution < 1.29 is 19.1 Å². The summed E-state index contributed by atoms with van der Waals surface area (Å²) in [6.07, 6.45) is 1.61. The molecule has 2 aromatic carbocycles. The molecule has 7 nitrogen and oxygen atoms in total. The first-order chi connectivity index (χ1) is 13.5. The number of rotatable bonds is 9. The number of ether oxygens (including phenoxy) is 1. The Morgan fingerprint density at radius 1 is 1.25 bits per heavy atom. The molecule has 2 N–H and O–H groups in total. The highest BCUT2D eigenvalue weighted by Gasteiger charge is 2.09. The monoisotopic (exact) mass is 381 g/mol. The third kappa shape index (κ3) is 5.18. The Hall–Kier alpha value is -3.16. The summed E-state index contributed by atoms with van der Waals surface area (Å²) < 4.78 is 10.9. The second-order valence-corrected chi connectivity index (χ2v) is 6.47. The van der Waals surface area contributed by atoms with Gasteiger partial charge < -0.3 is 19.6 Å². The van der Waals surface area contributed by atoms with Crippen LogP contribution in [0.5, 0.6) is 0 Å². The van der Waals surface area contributed by atoms with Gasteiger partial charge in [-0.3, -0.25) is 4.90 Å². The summed E-state index contributed by atoms with van der Waals surface area (Å²) in [6, 6.07) is 14.9. The van der Waals surface area contributed by atoms with Gasteiger partial charge in [0, 0.05) is 31.5 Å². The molecule has 0 atom stereocenters. The van der Waals surface area contributed by atoms with Crippen molar-refractivity contribution in [3.63, 3.8) is 0 Å². The fraction of sp³-hybridized carbons (Fsp3) is 0.238. The first-order valence-electron chi connectivity index (χ1n) is 8.88. The Morgan fingerprint density at radius 2 is 2.04 bits per heavy atom. The zero-order valence-corrected chi connectivity index (χ0v) is 15.9. The molecule has 0 saturated carbocycles. The van der Waals surface area contributed by atoms with Crippen molar-refractivity contribution in [1.82, 2.24) is 9.88 Å². The van der Waals surface area contributed by atoms with E-state index in [1.807, 2.05) is 12.1 Å². The van der Waals surface area contributed by atoms with E-state index in [1.54, 1.807) is 25.4 Å². The van der Waals surface area contributed by atoms with E-state index >= 15 is 0 Å². The fourth-order valence-electron chi connectivity index (χ4n) is 2.75. The molecule has 28 heavy (non-hydrogen) atoms. The highest BCUT2D eigenvalue weighted by atomic mass is 16.5. The van der Waals surface area contributed by atoms with Gasteiger partial charge in [-0.05, 0) is 36.9 Å². The predicted molar refractivity (Wildman–Crippen MR) is 107 cm³/mol. The molecule has 0 aliphatic heterocycles. The summed E-state index contributed by atoms with van der Waals surface area (Å²) >= 11 is 0. The number of aromatic carboxylic acids is 1. The molecule has 0 spiro atoms. The lowest BCUT2D eigenvalue weighted by molar-refractivity contribution is 0.0697. The molecule has 0 bridgehead atoms. The highest BCUT2D eigenvalue weighted by molar-refractivity contribution is 5.88. The summed E-state index contributed by atoms with van der Waals surface area (Å²) in [6.45, 7) is 2.37. The van der Waals surface area contributed by atoms with Crippen LogP contribution in [0.2, 0.25) is 0 Å². The zero-order chi connectivity index (χ0) is 19.9. The smallest absolute Gasteiger partial charge is 0.335 e. The molecule has 1 aromatic heterocycles. The van der Waals surface area contributed by atoms with E-state index in [9.17, 15) is 4.79 Å². The number of carbonyl (C=O) groups is 1. The van der Waals surface area contributed by atoms with E-state index in [0.29, 0.717) is 18.4 Å². The van der Waals surface area contributed by atoms with Crippen LogP contribution >= 0.6 is 0 Å². The van der Waals surface area contributed by atoms with Crippen LogP contribution in [0.15, 0.2) is 59.1 Å². The third-order valence-electron chi connectivity index (χ3n) is 4.23. The van der Waals surface area contributed by atoms with Crippen molar-refractivity contribution in [1.29, 1.82) is 0 Å². The second-order valence-electron chi connectivity index (χ2n) is 6.47. The first kappa shape index (κ1) is 19.6. The maximum absolute atomic E-state index is 10.9. The van der Waals surface area contributed by atoms with Crippen LogP contribution in [0.4, 0.5) is 11.7 Å². The maximum Gasteiger partial charge on any atom is 0.335 e. The van der Waals surface area contributed by atoms with Gasteiger partial charge in [-0.1, -0.05) is 24.3 Å². The molecule has 0 aliphatic carbocycles. The van der Waals surface area contributed by atoms with Gasteiger partial charge in [0.2, 0.25) is 0 Å². The van der Waals surface area contributed by atoms with Gasteiger partial charge >= 0.3 is 5.97 Å². The van der Waals surface area contributed by atoms with Gasteiger partial charge in [0.1, 0.15) is 0 Å². The Bertz CT molecular complexity index is 921. The normalized spacial score (nSPS) is 11.0. The van der Waals surface area contributed by atoms with Crippen LogP contribution in [0.3, 0.4) is 0 Å². The average Bonchev–Trinajstić information content (AvgIpc) is 3.15. The van der Waals surface area contributed by atoms with Gasteiger partial charge in [0.05, 0.1) is 18.4 Å². The highest BCUT2D eigenvalue weighted by Crippen LogP contribution is 2.25. The van der Waals surface area contributed by atoms with Crippen LogP contribution in [0.25, 0.3) is 11.3 Å². The Balaban J connectivity index is 1.66. The molecular weight excluding hydrogens is 358 g/mol. The number of aromatic nitrogens is 1. The standard InChI is InChI=1S/C21H23N3O4/c1-24(10-11-27-2)14-15-4-3-5-18(12-15)23-21-22-13-19(28-21)16-6-8-17(9-7-16)20(25)26/h3-9,12-13H,10-11,14H2,1-2H3,(H,22,23)(H,25,26). The van der Waals surface area contributed by atoms with Crippen molar-refractivity contribution in [3.8, 4) is 11.3 Å². The summed E-state index contributed by atoms with van der Waals surface area (Å²) in [5.74, 6) is -0.394. The lowest BCUT2D eigenvalue weighted by Crippen LogP contribution is -2.22. The number of methoxy groups -OCH3 is 1. The van der Waals surface area contributed by atoms with Gasteiger partial charge in [0.15, 0.2) is 5.76 Å². The molecule has 0 saturated heterocycles. The van der Waals surface area contributed by atoms with Crippen LogP contribution < -0.4 is 5.32 Å². The molecule has 0 radical (unpaired) electrons. The van der Waals surface area contributed by atoms with Gasteiger partial charge in [-0.25, -0.2) is 9.78 Å². The van der Waals surface area contributed by atoms with E-state index in [2.05, 4.69) is 34.4 Å². The number of nitrogens with one attached hydrogen (secondary N) is 1. The van der Waals surface area contributed by atoms with Crippen LogP contribution in [0, 0.1) is 0 Å². The Labute approximate surface area is 163 Å². The number of anilines is 2. The summed E-state index contributed by atoms with van der Waals surface area (Å²) in [7, 11) is 3.75. The Kier molecular flexibility index (Phi) is 6.41. The van der Waals surface area contributed by atoms with Crippen LogP contribution in [0.1, 0.15) is 15.9 Å². The van der Waals surface area contributed by atoms with Crippen molar-refractivity contribution in [3.05, 3.63) is 65.9 Å². The van der Waals surface area contributed by atoms with Crippen LogP contribution in [-0.2, 0) is 11.3 Å². The second kappa shape index (κ2) is 9.16. The first-order valence-corrected chi connectivity index (χ1v) is 8.88. The minimum Gasteiger partial charge on any atom is -0.478 e. The number of carboxylic acids is 1. The Morgan fingerprint density at radius 3 is 2.75 bits per heavy atom. The number of hydrogen-bond donors (Lipinski definition) is 2. The summed E-state index contributed by atoms with van der Waals surface area (Å²) in [4.78, 5) is 17.4. The lowest BCUT2D eigenvalue weighted by atomic mass is 10.1. The number of hydrogen-bond acceptors (Lipinski definition) is 6. The molecular formula is C21H23N3O4. The molecule has 0 aliphatic rings. The largest absolute Gasteiger partial charge is 0.478 e. The quantitative estimate of drug-likeness (QED) is 0.582. The van der Waals surface area contributed by atoms with Crippen molar-refractivity contribution in [2.24, 2.45) is 0 Å². The lowest BCUT2D eigenvalue weighted by Gasteiger charge is -2.16. The number of benzene rings is 2. The molecule has 0 amide bonds. The van der Waals surface area contributed by atoms with Crippen molar-refractivity contribution in [2.75, 3.05) is 32.6 Å². The van der Waals surface area contributed by atoms with E-state index in [-0.39, 0.29) is 5.56 Å².